The molecular formula is C18H7B3F5NO3. The molecule has 0 bridgehead atoms. The Morgan fingerprint density at radius 3 is 2.40 bits per heavy atom. The highest BCUT2D eigenvalue weighted by Gasteiger charge is 2.72. The van der Waals surface area contributed by atoms with Crippen LogP contribution >= 0.6 is 0 Å². The fourth-order valence-corrected chi connectivity index (χ4v) is 4.05. The zero-order chi connectivity index (χ0) is 22.4. The second-order valence-corrected chi connectivity index (χ2v) is 7.19. The van der Waals surface area contributed by atoms with E-state index in [-0.39, 0.29) is 0 Å². The summed E-state index contributed by atoms with van der Waals surface area (Å²) in [5.74, 6) is -14.8. The van der Waals surface area contributed by atoms with Crippen LogP contribution < -0.4 is 15.7 Å². The monoisotopic (exact) mass is 413 g/mol. The van der Waals surface area contributed by atoms with Gasteiger partial charge in [-0.2, -0.15) is 22.8 Å². The van der Waals surface area contributed by atoms with Crippen LogP contribution in [0.5, 0.6) is 17.2 Å². The third-order valence-corrected chi connectivity index (χ3v) is 5.46. The van der Waals surface area contributed by atoms with Gasteiger partial charge in [-0.1, -0.05) is 0 Å². The molecule has 2 N–H and O–H groups in total. The molecule has 2 atom stereocenters. The Kier molecular flexibility index (Phi) is 4.08. The van der Waals surface area contributed by atoms with Gasteiger partial charge in [0, 0.05) is 11.1 Å². The van der Waals surface area contributed by atoms with Crippen LogP contribution in [0.3, 0.4) is 0 Å². The second kappa shape index (κ2) is 5.94. The van der Waals surface area contributed by atoms with E-state index in [4.69, 9.17) is 33.5 Å². The molecule has 2 aromatic rings. The van der Waals surface area contributed by atoms with Crippen molar-refractivity contribution in [2.75, 3.05) is 0 Å². The number of nitriles is 1. The number of rotatable bonds is 2. The van der Waals surface area contributed by atoms with Gasteiger partial charge in [0.1, 0.15) is 41.1 Å². The summed E-state index contributed by atoms with van der Waals surface area (Å²) in [7, 11) is 16.9. The van der Waals surface area contributed by atoms with Crippen LogP contribution in [0.4, 0.5) is 22.0 Å². The molecular weight excluding hydrogens is 406 g/mol. The average molecular weight is 413 g/mol. The Balaban J connectivity index is 1.95. The number of hydrogen-bond acceptors (Lipinski definition) is 4. The van der Waals surface area contributed by atoms with Gasteiger partial charge in [-0.25, -0.2) is 4.39 Å². The molecule has 0 aliphatic heterocycles. The van der Waals surface area contributed by atoms with E-state index in [1.165, 1.54) is 6.07 Å². The first kappa shape index (κ1) is 20.6. The first-order chi connectivity index (χ1) is 13.8. The molecule has 2 aliphatic carbocycles. The van der Waals surface area contributed by atoms with Gasteiger partial charge in [-0.3, -0.25) is 0 Å². The number of aliphatic hydroxyl groups is 1. The van der Waals surface area contributed by atoms with Crippen molar-refractivity contribution in [2.24, 2.45) is 0 Å². The zero-order valence-corrected chi connectivity index (χ0v) is 14.8. The van der Waals surface area contributed by atoms with Gasteiger partial charge in [-0.05, 0) is 35.0 Å². The van der Waals surface area contributed by atoms with Crippen molar-refractivity contribution in [1.82, 2.24) is 0 Å². The second-order valence-electron chi connectivity index (χ2n) is 7.19. The topological polar surface area (TPSA) is 73.5 Å². The molecule has 146 valence electrons. The molecule has 2 unspecified atom stereocenters. The van der Waals surface area contributed by atoms with E-state index in [2.05, 4.69) is 0 Å². The third-order valence-electron chi connectivity index (χ3n) is 5.46. The summed E-state index contributed by atoms with van der Waals surface area (Å²) >= 11 is 0. The van der Waals surface area contributed by atoms with Gasteiger partial charge < -0.3 is 14.9 Å². The van der Waals surface area contributed by atoms with Crippen LogP contribution in [0, 0.1) is 17.1 Å². The summed E-state index contributed by atoms with van der Waals surface area (Å²) in [6, 6.07) is 2.96. The van der Waals surface area contributed by atoms with E-state index in [9.17, 15) is 32.2 Å². The predicted octanol–water partition coefficient (Wildman–Crippen LogP) is 1.32. The fraction of sp³-hybridized carbons (Fsp3) is 0.278. The lowest BCUT2D eigenvalue weighted by Gasteiger charge is -2.28. The number of nitrogens with zero attached hydrogens (tertiary/aromatic N) is 1. The van der Waals surface area contributed by atoms with Gasteiger partial charge >= 0.3 is 11.8 Å². The van der Waals surface area contributed by atoms with Crippen molar-refractivity contribution in [3.63, 3.8) is 0 Å². The summed E-state index contributed by atoms with van der Waals surface area (Å²) in [6.45, 7) is 0. The van der Waals surface area contributed by atoms with Crippen LogP contribution in [0.2, 0.25) is 0 Å². The predicted molar refractivity (Wildman–Crippen MR) is 95.9 cm³/mol. The SMILES string of the molecule is [B]c1c(F)c(O)c(C#N)c([B])c1Oc1ccc2c3c1C([B])(O)CC3C(F)(F)C2(F)F. The maximum Gasteiger partial charge on any atom is 0.336 e. The van der Waals surface area contributed by atoms with E-state index in [0.29, 0.717) is 6.07 Å². The van der Waals surface area contributed by atoms with Gasteiger partial charge in [0.25, 0.3) is 0 Å². The lowest BCUT2D eigenvalue weighted by Crippen LogP contribution is -2.38. The number of halogens is 5. The number of aromatic hydroxyl groups is 1. The molecule has 0 fully saturated rings. The Labute approximate surface area is 170 Å². The maximum atomic E-state index is 14.3. The number of phenols is 1. The van der Waals surface area contributed by atoms with Crippen LogP contribution in [0.15, 0.2) is 12.1 Å². The molecule has 6 radical (unpaired) electrons. The molecule has 12 heteroatoms. The average Bonchev–Trinajstić information content (AvgIpc) is 3.03. The van der Waals surface area contributed by atoms with E-state index >= 15 is 0 Å². The van der Waals surface area contributed by atoms with Crippen LogP contribution in [0.1, 0.15) is 34.6 Å². The Hall–Kier alpha value is -2.67. The summed E-state index contributed by atoms with van der Waals surface area (Å²) in [5, 5.41) is 29.2. The van der Waals surface area contributed by atoms with E-state index in [0.717, 1.165) is 6.07 Å². The van der Waals surface area contributed by atoms with E-state index in [1.54, 1.807) is 0 Å². The minimum atomic E-state index is -4.51. The van der Waals surface area contributed by atoms with Gasteiger partial charge in [-0.15, -0.1) is 0 Å². The van der Waals surface area contributed by atoms with Gasteiger partial charge in [0.15, 0.2) is 11.6 Å². The van der Waals surface area contributed by atoms with Crippen molar-refractivity contribution >= 4 is 34.5 Å². The quantitative estimate of drug-likeness (QED) is 0.576. The number of ether oxygens (including phenoxy) is 1. The number of hydrogen-bond donors (Lipinski definition) is 2. The molecule has 2 aliphatic rings. The lowest BCUT2D eigenvalue weighted by atomic mass is 9.74. The molecule has 30 heavy (non-hydrogen) atoms. The largest absolute Gasteiger partial charge is 0.504 e. The normalized spacial score (nSPS) is 25.0. The molecule has 0 heterocycles. The summed E-state index contributed by atoms with van der Waals surface area (Å²) in [4.78, 5) is 0. The Morgan fingerprint density at radius 1 is 1.17 bits per heavy atom. The van der Waals surface area contributed by atoms with Gasteiger partial charge in [0.2, 0.25) is 0 Å². The van der Waals surface area contributed by atoms with Crippen molar-refractivity contribution in [3.05, 3.63) is 40.2 Å². The Bertz CT molecular complexity index is 1160. The minimum Gasteiger partial charge on any atom is -0.504 e. The van der Waals surface area contributed by atoms with Crippen molar-refractivity contribution in [3.8, 4) is 23.3 Å². The fourth-order valence-electron chi connectivity index (χ4n) is 4.05. The van der Waals surface area contributed by atoms with Crippen LogP contribution in [-0.4, -0.2) is 39.7 Å². The minimum absolute atomic E-state index is 0.484. The molecule has 0 amide bonds. The van der Waals surface area contributed by atoms with Crippen molar-refractivity contribution < 1.29 is 36.9 Å². The summed E-state index contributed by atoms with van der Waals surface area (Å²) < 4.78 is 76.7. The highest BCUT2D eigenvalue weighted by Crippen LogP contribution is 2.66. The lowest BCUT2D eigenvalue weighted by molar-refractivity contribution is -0.217. The highest BCUT2D eigenvalue weighted by molar-refractivity contribution is 6.42. The van der Waals surface area contributed by atoms with Crippen molar-refractivity contribution in [1.29, 1.82) is 5.26 Å². The summed E-state index contributed by atoms with van der Waals surface area (Å²) in [5.41, 5.74) is -6.75. The summed E-state index contributed by atoms with van der Waals surface area (Å²) in [6.07, 6.45) is -0.920. The smallest absolute Gasteiger partial charge is 0.336 e. The molecule has 0 saturated carbocycles. The van der Waals surface area contributed by atoms with Gasteiger partial charge in [0.05, 0.1) is 17.0 Å². The molecule has 0 aromatic heterocycles. The van der Waals surface area contributed by atoms with Crippen molar-refractivity contribution in [2.45, 2.75) is 29.7 Å². The molecule has 0 saturated heterocycles. The third kappa shape index (κ3) is 2.32. The Morgan fingerprint density at radius 2 is 1.80 bits per heavy atom. The van der Waals surface area contributed by atoms with Crippen LogP contribution in [-0.2, 0) is 11.4 Å². The molecule has 4 nitrogen and oxygen atoms in total. The highest BCUT2D eigenvalue weighted by atomic mass is 19.3. The molecule has 4 rings (SSSR count). The van der Waals surface area contributed by atoms with E-state index in [1.807, 2.05) is 0 Å². The first-order valence-electron chi connectivity index (χ1n) is 8.39. The molecule has 2 aromatic carbocycles. The standard InChI is InChI=1S/C18H7B3F5NO3/c19-11-5(4-27)14(28)13(22)12(20)15(11)30-8-2-1-6-9-7(3-16(21,29)10(8)9)18(25,26)17(6,23)24/h1-2,7,28-29H,3H2. The number of phenolic OH excluding ortho intramolecular Hbond substituents is 1. The zero-order valence-electron chi connectivity index (χ0n) is 14.8. The molecule has 0 spiro atoms. The first-order valence-corrected chi connectivity index (χ1v) is 8.39. The number of alkyl halides is 4. The number of benzene rings is 2. The maximum absolute atomic E-state index is 14.3. The van der Waals surface area contributed by atoms with E-state index < -0.39 is 85.9 Å². The van der Waals surface area contributed by atoms with Crippen LogP contribution in [0.25, 0.3) is 0 Å².